The highest BCUT2D eigenvalue weighted by atomic mass is 16.6. The van der Waals surface area contributed by atoms with Gasteiger partial charge in [-0.3, -0.25) is 0 Å². The molecule has 7 heteroatoms. The quantitative estimate of drug-likeness (QED) is 0.599. The van der Waals surface area contributed by atoms with E-state index in [1.807, 2.05) is 60.7 Å². The van der Waals surface area contributed by atoms with Gasteiger partial charge in [0.1, 0.15) is 24.4 Å². The average Bonchev–Trinajstić information content (AvgIpc) is 3.30. The number of hydrogen-bond donors (Lipinski definition) is 1. The monoisotopic (exact) mass is 466 g/mol. The number of esters is 1. The van der Waals surface area contributed by atoms with Gasteiger partial charge in [-0.15, -0.1) is 0 Å². The van der Waals surface area contributed by atoms with E-state index in [0.717, 1.165) is 11.1 Å². The Morgan fingerprint density at radius 3 is 2.26 bits per heavy atom. The SMILES string of the molecule is O=C1C=CC(C2CC(O)C3OC(COCc4ccccc4)C(OCc4ccccc4)CC3O2)O1. The minimum Gasteiger partial charge on any atom is -0.452 e. The predicted octanol–water partition coefficient (Wildman–Crippen LogP) is 2.95. The molecule has 5 rings (SSSR count). The summed E-state index contributed by atoms with van der Waals surface area (Å²) in [7, 11) is 0. The number of carbonyl (C=O) groups is 1. The van der Waals surface area contributed by atoms with Crippen molar-refractivity contribution in [2.75, 3.05) is 6.61 Å². The smallest absolute Gasteiger partial charge is 0.331 e. The summed E-state index contributed by atoms with van der Waals surface area (Å²) in [6, 6.07) is 19.9. The second-order valence-corrected chi connectivity index (χ2v) is 8.99. The van der Waals surface area contributed by atoms with Crippen LogP contribution < -0.4 is 0 Å². The van der Waals surface area contributed by atoms with Gasteiger partial charge >= 0.3 is 5.97 Å². The molecule has 2 fully saturated rings. The number of hydrogen-bond acceptors (Lipinski definition) is 7. The zero-order valence-corrected chi connectivity index (χ0v) is 18.9. The Morgan fingerprint density at radius 2 is 1.59 bits per heavy atom. The summed E-state index contributed by atoms with van der Waals surface area (Å²) >= 11 is 0. The Bertz CT molecular complexity index is 963. The molecule has 2 aromatic carbocycles. The van der Waals surface area contributed by atoms with Crippen LogP contribution in [-0.2, 0) is 41.7 Å². The molecule has 0 aromatic heterocycles. The fourth-order valence-electron chi connectivity index (χ4n) is 4.78. The van der Waals surface area contributed by atoms with Gasteiger partial charge in [0.25, 0.3) is 0 Å². The maximum atomic E-state index is 11.5. The van der Waals surface area contributed by atoms with Crippen molar-refractivity contribution in [3.63, 3.8) is 0 Å². The fraction of sp³-hybridized carbons (Fsp3) is 0.444. The second kappa shape index (κ2) is 10.8. The zero-order chi connectivity index (χ0) is 23.3. The van der Waals surface area contributed by atoms with E-state index in [-0.39, 0.29) is 24.3 Å². The lowest BCUT2D eigenvalue weighted by atomic mass is 9.88. The highest BCUT2D eigenvalue weighted by molar-refractivity contribution is 5.84. The molecular formula is C27H30O7. The van der Waals surface area contributed by atoms with Gasteiger partial charge in [-0.2, -0.15) is 0 Å². The first-order valence-electron chi connectivity index (χ1n) is 11.8. The fourth-order valence-corrected chi connectivity index (χ4v) is 4.78. The van der Waals surface area contributed by atoms with E-state index >= 15 is 0 Å². The largest absolute Gasteiger partial charge is 0.452 e. The molecule has 0 saturated carbocycles. The van der Waals surface area contributed by atoms with E-state index in [1.54, 1.807) is 6.08 Å². The number of aliphatic hydroxyl groups excluding tert-OH is 1. The van der Waals surface area contributed by atoms with Crippen LogP contribution in [0.4, 0.5) is 0 Å². The first kappa shape index (κ1) is 23.2. The molecule has 7 atom stereocenters. The number of ether oxygens (including phenoxy) is 5. The van der Waals surface area contributed by atoms with Crippen molar-refractivity contribution in [1.82, 2.24) is 0 Å². The highest BCUT2D eigenvalue weighted by Gasteiger charge is 2.49. The third-order valence-electron chi connectivity index (χ3n) is 6.52. The Balaban J connectivity index is 1.25. The van der Waals surface area contributed by atoms with Crippen LogP contribution >= 0.6 is 0 Å². The topological polar surface area (TPSA) is 83.5 Å². The first-order valence-corrected chi connectivity index (χ1v) is 11.8. The van der Waals surface area contributed by atoms with Crippen LogP contribution in [0.25, 0.3) is 0 Å². The van der Waals surface area contributed by atoms with Crippen LogP contribution in [0, 0.1) is 0 Å². The summed E-state index contributed by atoms with van der Waals surface area (Å²) in [4.78, 5) is 11.5. The number of rotatable bonds is 8. The van der Waals surface area contributed by atoms with Gasteiger partial charge in [0, 0.05) is 18.9 Å². The van der Waals surface area contributed by atoms with Crippen LogP contribution in [0.3, 0.4) is 0 Å². The summed E-state index contributed by atoms with van der Waals surface area (Å²) in [5.41, 5.74) is 2.15. The molecule has 2 aromatic rings. The number of fused-ring (bicyclic) bond motifs is 1. The lowest BCUT2D eigenvalue weighted by molar-refractivity contribution is -0.272. The molecule has 7 nitrogen and oxygen atoms in total. The summed E-state index contributed by atoms with van der Waals surface area (Å²) < 4.78 is 30.1. The molecule has 7 unspecified atom stereocenters. The molecule has 3 aliphatic heterocycles. The molecule has 0 radical (unpaired) electrons. The minimum absolute atomic E-state index is 0.273. The third kappa shape index (κ3) is 5.56. The Kier molecular flexibility index (Phi) is 7.37. The standard InChI is InChI=1S/C27H30O7/c28-20-13-23(21-11-12-26(29)33-21)32-24-14-22(31-16-19-9-5-2-6-10-19)25(34-27(20)24)17-30-15-18-7-3-1-4-8-18/h1-12,20-25,27-28H,13-17H2. The zero-order valence-electron chi connectivity index (χ0n) is 18.9. The lowest BCUT2D eigenvalue weighted by Crippen LogP contribution is -2.60. The second-order valence-electron chi connectivity index (χ2n) is 8.99. The summed E-state index contributed by atoms with van der Waals surface area (Å²) in [5, 5.41) is 10.9. The molecule has 0 bridgehead atoms. The van der Waals surface area contributed by atoms with Crippen LogP contribution in [0.15, 0.2) is 72.8 Å². The molecule has 2 saturated heterocycles. The van der Waals surface area contributed by atoms with Gasteiger partial charge < -0.3 is 28.8 Å². The van der Waals surface area contributed by atoms with Crippen LogP contribution in [0.1, 0.15) is 24.0 Å². The minimum atomic E-state index is -0.733. The van der Waals surface area contributed by atoms with Crippen molar-refractivity contribution in [1.29, 1.82) is 0 Å². The van der Waals surface area contributed by atoms with Gasteiger partial charge in [0.05, 0.1) is 38.1 Å². The lowest BCUT2D eigenvalue weighted by Gasteiger charge is -2.47. The Morgan fingerprint density at radius 1 is 0.882 bits per heavy atom. The third-order valence-corrected chi connectivity index (χ3v) is 6.52. The Labute approximate surface area is 199 Å². The van der Waals surface area contributed by atoms with Crippen molar-refractivity contribution in [3.8, 4) is 0 Å². The molecule has 0 amide bonds. The summed E-state index contributed by atoms with van der Waals surface area (Å²) in [5.74, 6) is -0.384. The van der Waals surface area contributed by atoms with Gasteiger partial charge in [-0.25, -0.2) is 4.79 Å². The maximum Gasteiger partial charge on any atom is 0.331 e. The first-order chi connectivity index (χ1) is 16.7. The van der Waals surface area contributed by atoms with Crippen LogP contribution in [0.5, 0.6) is 0 Å². The molecule has 34 heavy (non-hydrogen) atoms. The Hall–Kier alpha value is -2.55. The van der Waals surface area contributed by atoms with Gasteiger partial charge in [0.15, 0.2) is 0 Å². The van der Waals surface area contributed by atoms with E-state index in [4.69, 9.17) is 23.7 Å². The molecule has 3 heterocycles. The van der Waals surface area contributed by atoms with Crippen molar-refractivity contribution < 1.29 is 33.6 Å². The number of aliphatic hydroxyl groups is 1. The highest BCUT2D eigenvalue weighted by Crippen LogP contribution is 2.35. The van der Waals surface area contributed by atoms with Crippen molar-refractivity contribution in [2.45, 2.75) is 68.8 Å². The maximum absolute atomic E-state index is 11.5. The molecule has 3 aliphatic rings. The predicted molar refractivity (Wildman–Crippen MR) is 123 cm³/mol. The number of carbonyl (C=O) groups excluding carboxylic acids is 1. The molecule has 0 spiro atoms. The number of cyclic esters (lactones) is 1. The van der Waals surface area contributed by atoms with Crippen molar-refractivity contribution >= 4 is 5.97 Å². The molecule has 1 N–H and O–H groups in total. The summed E-state index contributed by atoms with van der Waals surface area (Å²) in [6.45, 7) is 1.26. The van der Waals surface area contributed by atoms with Crippen LogP contribution in [-0.4, -0.2) is 60.4 Å². The van der Waals surface area contributed by atoms with Gasteiger partial charge in [-0.05, 0) is 17.2 Å². The van der Waals surface area contributed by atoms with E-state index in [1.165, 1.54) is 6.08 Å². The molecular weight excluding hydrogens is 436 g/mol. The summed E-state index contributed by atoms with van der Waals surface area (Å²) in [6.07, 6.45) is 0.864. The molecule has 180 valence electrons. The number of benzene rings is 2. The van der Waals surface area contributed by atoms with E-state index in [2.05, 4.69) is 0 Å². The van der Waals surface area contributed by atoms with E-state index < -0.39 is 24.4 Å². The van der Waals surface area contributed by atoms with E-state index in [9.17, 15) is 9.90 Å². The van der Waals surface area contributed by atoms with Crippen LogP contribution in [0.2, 0.25) is 0 Å². The van der Waals surface area contributed by atoms with E-state index in [0.29, 0.717) is 32.7 Å². The van der Waals surface area contributed by atoms with Gasteiger partial charge in [0.2, 0.25) is 0 Å². The van der Waals surface area contributed by atoms with Gasteiger partial charge in [-0.1, -0.05) is 60.7 Å². The van der Waals surface area contributed by atoms with Crippen molar-refractivity contribution in [3.05, 3.63) is 83.9 Å². The average molecular weight is 467 g/mol. The normalized spacial score (nSPS) is 32.9. The molecule has 0 aliphatic carbocycles. The van der Waals surface area contributed by atoms with Crippen molar-refractivity contribution in [2.24, 2.45) is 0 Å².